The zero-order chi connectivity index (χ0) is 16.0. The van der Waals surface area contributed by atoms with Crippen molar-refractivity contribution in [3.8, 4) is 0 Å². The highest BCUT2D eigenvalue weighted by molar-refractivity contribution is 5.74. The number of rotatable bonds is 6. The minimum atomic E-state index is -0.896. The highest BCUT2D eigenvalue weighted by Crippen LogP contribution is 2.21. The molecule has 0 aliphatic heterocycles. The molecule has 118 valence electrons. The van der Waals surface area contributed by atoms with Gasteiger partial charge >= 0.3 is 6.03 Å². The molecule has 21 heavy (non-hydrogen) atoms. The number of hydrogen-bond donors (Lipinski definition) is 2. The number of hydrogen-bond acceptors (Lipinski definition) is 2. The number of carbonyl (C=O) groups is 1. The number of likely N-dealkylation sites (N-methyl/N-ethyl adjacent to an activating group) is 1. The number of amides is 2. The van der Waals surface area contributed by atoms with E-state index in [2.05, 4.69) is 19.2 Å². The van der Waals surface area contributed by atoms with Crippen LogP contribution in [0, 0.1) is 5.92 Å². The van der Waals surface area contributed by atoms with Gasteiger partial charge in [0.25, 0.3) is 0 Å². The van der Waals surface area contributed by atoms with E-state index < -0.39 is 5.60 Å². The molecule has 0 fully saturated rings. The monoisotopic (exact) mass is 292 g/mol. The number of nitrogens with one attached hydrogen (secondary N) is 1. The van der Waals surface area contributed by atoms with E-state index in [1.807, 2.05) is 30.3 Å². The molecule has 1 rings (SSSR count). The fraction of sp³-hybridized carbons (Fsp3) is 0.588. The van der Waals surface area contributed by atoms with E-state index in [4.69, 9.17) is 0 Å². The van der Waals surface area contributed by atoms with Crippen LogP contribution in [-0.4, -0.2) is 35.2 Å². The molecular formula is C17H28N2O2. The second kappa shape index (κ2) is 7.46. The second-order valence-corrected chi connectivity index (χ2v) is 6.71. The molecular weight excluding hydrogens is 264 g/mol. The molecule has 1 aromatic rings. The second-order valence-electron chi connectivity index (χ2n) is 6.71. The summed E-state index contributed by atoms with van der Waals surface area (Å²) in [6.45, 7) is 7.96. The molecule has 0 saturated carbocycles. The summed E-state index contributed by atoms with van der Waals surface area (Å²) in [6.07, 6.45) is 0.881. The number of aliphatic hydroxyl groups is 1. The summed E-state index contributed by atoms with van der Waals surface area (Å²) in [6, 6.07) is 9.82. The molecule has 0 saturated heterocycles. The summed E-state index contributed by atoms with van der Waals surface area (Å²) >= 11 is 0. The van der Waals surface area contributed by atoms with Gasteiger partial charge < -0.3 is 15.3 Å². The Hall–Kier alpha value is -1.55. The first-order valence-electron chi connectivity index (χ1n) is 7.48. The van der Waals surface area contributed by atoms with Crippen molar-refractivity contribution in [1.82, 2.24) is 10.2 Å². The molecule has 0 aliphatic carbocycles. The topological polar surface area (TPSA) is 52.6 Å². The highest BCUT2D eigenvalue weighted by atomic mass is 16.3. The molecule has 4 heteroatoms. The molecule has 0 heterocycles. The van der Waals surface area contributed by atoms with Crippen LogP contribution < -0.4 is 5.32 Å². The summed E-state index contributed by atoms with van der Waals surface area (Å²) in [5.41, 5.74) is 0.211. The largest absolute Gasteiger partial charge is 0.389 e. The predicted octanol–water partition coefficient (Wildman–Crippen LogP) is 3.19. The molecule has 1 unspecified atom stereocenters. The van der Waals surface area contributed by atoms with Gasteiger partial charge in [-0.05, 0) is 31.7 Å². The molecule has 0 aliphatic rings. The average molecular weight is 292 g/mol. The normalized spacial score (nSPS) is 13.1. The first-order chi connectivity index (χ1) is 9.69. The Kier molecular flexibility index (Phi) is 6.21. The Morgan fingerprint density at radius 3 is 2.33 bits per heavy atom. The van der Waals surface area contributed by atoms with Crippen molar-refractivity contribution in [1.29, 1.82) is 0 Å². The molecule has 0 radical (unpaired) electrons. The smallest absolute Gasteiger partial charge is 0.317 e. The first-order valence-corrected chi connectivity index (χ1v) is 7.48. The van der Waals surface area contributed by atoms with Crippen LogP contribution in [0.1, 0.15) is 45.7 Å². The fourth-order valence-electron chi connectivity index (χ4n) is 2.35. The van der Waals surface area contributed by atoms with E-state index in [1.165, 1.54) is 4.90 Å². The van der Waals surface area contributed by atoms with Gasteiger partial charge in [-0.3, -0.25) is 0 Å². The van der Waals surface area contributed by atoms with Gasteiger partial charge in [0.15, 0.2) is 0 Å². The third-order valence-electron chi connectivity index (χ3n) is 3.18. The molecule has 0 bridgehead atoms. The van der Waals surface area contributed by atoms with Crippen molar-refractivity contribution in [2.75, 3.05) is 13.6 Å². The highest BCUT2D eigenvalue weighted by Gasteiger charge is 2.22. The van der Waals surface area contributed by atoms with Gasteiger partial charge in [-0.25, -0.2) is 4.79 Å². The zero-order valence-corrected chi connectivity index (χ0v) is 13.8. The Labute approximate surface area is 128 Å². The molecule has 1 aromatic carbocycles. The van der Waals surface area contributed by atoms with Gasteiger partial charge in [0, 0.05) is 7.05 Å². The van der Waals surface area contributed by atoms with E-state index in [-0.39, 0.29) is 12.1 Å². The predicted molar refractivity (Wildman–Crippen MR) is 86.1 cm³/mol. The van der Waals surface area contributed by atoms with Crippen LogP contribution in [0.2, 0.25) is 0 Å². The quantitative estimate of drug-likeness (QED) is 0.846. The zero-order valence-electron chi connectivity index (χ0n) is 13.8. The summed E-state index contributed by atoms with van der Waals surface area (Å²) in [5.74, 6) is 0.482. The van der Waals surface area contributed by atoms with Crippen LogP contribution in [0.3, 0.4) is 0 Å². The number of carbonyl (C=O) groups excluding carboxylic acids is 1. The van der Waals surface area contributed by atoms with E-state index in [1.54, 1.807) is 20.9 Å². The Balaban J connectivity index is 2.75. The molecule has 0 aromatic heterocycles. The standard InChI is InChI=1S/C17H28N2O2/c1-13(2)11-15(14-9-7-6-8-10-14)18-16(20)19(5)12-17(3,4)21/h6-10,13,15,21H,11-12H2,1-5H3,(H,18,20). The first kappa shape index (κ1) is 17.5. The lowest BCUT2D eigenvalue weighted by molar-refractivity contribution is 0.0526. The third kappa shape index (κ3) is 6.63. The summed E-state index contributed by atoms with van der Waals surface area (Å²) < 4.78 is 0. The Bertz CT molecular complexity index is 438. The lowest BCUT2D eigenvalue weighted by atomic mass is 9.97. The van der Waals surface area contributed by atoms with Crippen LogP contribution in [0.25, 0.3) is 0 Å². The summed E-state index contributed by atoms with van der Waals surface area (Å²) in [4.78, 5) is 13.8. The number of benzene rings is 1. The maximum absolute atomic E-state index is 12.3. The lowest BCUT2D eigenvalue weighted by Crippen LogP contribution is -2.45. The van der Waals surface area contributed by atoms with Gasteiger partial charge in [0.1, 0.15) is 0 Å². The van der Waals surface area contributed by atoms with Gasteiger partial charge in [0.05, 0.1) is 18.2 Å². The van der Waals surface area contributed by atoms with E-state index >= 15 is 0 Å². The van der Waals surface area contributed by atoms with Gasteiger partial charge in [-0.2, -0.15) is 0 Å². The average Bonchev–Trinajstić information content (AvgIpc) is 2.36. The Morgan fingerprint density at radius 2 is 1.86 bits per heavy atom. The SMILES string of the molecule is CC(C)CC(NC(=O)N(C)CC(C)(C)O)c1ccccc1. The van der Waals surface area contributed by atoms with E-state index in [0.717, 1.165) is 12.0 Å². The summed E-state index contributed by atoms with van der Waals surface area (Å²) in [7, 11) is 1.70. The van der Waals surface area contributed by atoms with Crippen LogP contribution in [0.15, 0.2) is 30.3 Å². The van der Waals surface area contributed by atoms with Gasteiger partial charge in [0.2, 0.25) is 0 Å². The molecule has 4 nitrogen and oxygen atoms in total. The van der Waals surface area contributed by atoms with E-state index in [0.29, 0.717) is 12.5 Å². The van der Waals surface area contributed by atoms with Crippen LogP contribution in [0.4, 0.5) is 4.79 Å². The number of nitrogens with zero attached hydrogens (tertiary/aromatic N) is 1. The molecule has 2 N–H and O–H groups in total. The van der Waals surface area contributed by atoms with Crippen molar-refractivity contribution in [3.05, 3.63) is 35.9 Å². The van der Waals surface area contributed by atoms with Crippen molar-refractivity contribution in [3.63, 3.8) is 0 Å². The molecule has 1 atom stereocenters. The van der Waals surface area contributed by atoms with Crippen molar-refractivity contribution in [2.45, 2.75) is 45.8 Å². The Morgan fingerprint density at radius 1 is 1.29 bits per heavy atom. The van der Waals surface area contributed by atoms with Crippen molar-refractivity contribution < 1.29 is 9.90 Å². The fourth-order valence-corrected chi connectivity index (χ4v) is 2.35. The number of urea groups is 1. The van der Waals surface area contributed by atoms with Crippen LogP contribution >= 0.6 is 0 Å². The minimum Gasteiger partial charge on any atom is -0.389 e. The minimum absolute atomic E-state index is 0.0112. The lowest BCUT2D eigenvalue weighted by Gasteiger charge is -2.29. The maximum Gasteiger partial charge on any atom is 0.317 e. The van der Waals surface area contributed by atoms with E-state index in [9.17, 15) is 9.90 Å². The molecule has 0 spiro atoms. The summed E-state index contributed by atoms with van der Waals surface area (Å²) in [5, 5.41) is 12.9. The van der Waals surface area contributed by atoms with Gasteiger partial charge in [-0.1, -0.05) is 44.2 Å². The van der Waals surface area contributed by atoms with Gasteiger partial charge in [-0.15, -0.1) is 0 Å². The maximum atomic E-state index is 12.3. The van der Waals surface area contributed by atoms with Crippen molar-refractivity contribution >= 4 is 6.03 Å². The van der Waals surface area contributed by atoms with Crippen LogP contribution in [-0.2, 0) is 0 Å². The third-order valence-corrected chi connectivity index (χ3v) is 3.18. The molecule has 2 amide bonds. The van der Waals surface area contributed by atoms with Crippen molar-refractivity contribution in [2.24, 2.45) is 5.92 Å². The van der Waals surface area contributed by atoms with Crippen LogP contribution in [0.5, 0.6) is 0 Å².